The van der Waals surface area contributed by atoms with Gasteiger partial charge >= 0.3 is 5.97 Å². The van der Waals surface area contributed by atoms with Crippen molar-refractivity contribution in [2.24, 2.45) is 0 Å². The van der Waals surface area contributed by atoms with E-state index in [1.165, 1.54) is 22.0 Å². The van der Waals surface area contributed by atoms with E-state index in [-0.39, 0.29) is 11.5 Å². The standard InChI is InChI=1S/C14H15N3O3/c1-10(17-9-11(8-15-17)14(19)20)13(18)16(2)12-6-4-3-5-7-12/h3-10H,1-2H3,(H,19,20). The number of likely N-dealkylation sites (N-methyl/N-ethyl adjacent to an activating group) is 1. The van der Waals surface area contributed by atoms with E-state index in [1.807, 2.05) is 30.3 Å². The number of benzene rings is 1. The molecule has 104 valence electrons. The van der Waals surface area contributed by atoms with Crippen molar-refractivity contribution in [3.8, 4) is 0 Å². The SMILES string of the molecule is CC(C(=O)N(C)c1ccccc1)n1cc(C(=O)O)cn1. The molecule has 0 saturated heterocycles. The number of carboxylic acids is 1. The highest BCUT2D eigenvalue weighted by molar-refractivity contribution is 5.95. The molecule has 0 aliphatic rings. The lowest BCUT2D eigenvalue weighted by atomic mass is 10.2. The minimum absolute atomic E-state index is 0.0621. The molecule has 20 heavy (non-hydrogen) atoms. The number of carboxylic acid groups (broad SMARTS) is 1. The first kappa shape index (κ1) is 13.8. The van der Waals surface area contributed by atoms with Crippen LogP contribution in [0.25, 0.3) is 0 Å². The van der Waals surface area contributed by atoms with Crippen molar-refractivity contribution < 1.29 is 14.7 Å². The number of anilines is 1. The number of hydrogen-bond acceptors (Lipinski definition) is 3. The van der Waals surface area contributed by atoms with Crippen molar-refractivity contribution in [1.29, 1.82) is 0 Å². The van der Waals surface area contributed by atoms with Crippen LogP contribution in [0.5, 0.6) is 0 Å². The van der Waals surface area contributed by atoms with Gasteiger partial charge in [0.05, 0.1) is 11.8 Å². The summed E-state index contributed by atoms with van der Waals surface area (Å²) in [6, 6.07) is 8.65. The molecule has 2 rings (SSSR count). The second kappa shape index (κ2) is 5.56. The Kier molecular flexibility index (Phi) is 3.84. The Morgan fingerprint density at radius 3 is 2.50 bits per heavy atom. The normalized spacial score (nSPS) is 11.9. The number of hydrogen-bond donors (Lipinski definition) is 1. The molecule has 1 aromatic carbocycles. The molecule has 1 amide bonds. The largest absolute Gasteiger partial charge is 0.478 e. The van der Waals surface area contributed by atoms with Gasteiger partial charge in [-0.3, -0.25) is 9.48 Å². The van der Waals surface area contributed by atoms with Crippen LogP contribution in [0.15, 0.2) is 42.7 Å². The summed E-state index contributed by atoms with van der Waals surface area (Å²) in [4.78, 5) is 24.7. The number of para-hydroxylation sites is 1. The van der Waals surface area contributed by atoms with E-state index in [0.29, 0.717) is 0 Å². The number of aromatic carboxylic acids is 1. The third-order valence-electron chi connectivity index (χ3n) is 3.08. The Morgan fingerprint density at radius 1 is 1.30 bits per heavy atom. The highest BCUT2D eigenvalue weighted by Crippen LogP contribution is 2.16. The number of nitrogens with zero attached hydrogens (tertiary/aromatic N) is 3. The van der Waals surface area contributed by atoms with Crippen LogP contribution in [0.3, 0.4) is 0 Å². The molecule has 0 aliphatic heterocycles. The molecule has 0 spiro atoms. The highest BCUT2D eigenvalue weighted by atomic mass is 16.4. The fourth-order valence-electron chi connectivity index (χ4n) is 1.83. The maximum atomic E-state index is 12.3. The number of carbonyl (C=O) groups excluding carboxylic acids is 1. The average molecular weight is 273 g/mol. The zero-order chi connectivity index (χ0) is 14.7. The van der Waals surface area contributed by atoms with Crippen molar-refractivity contribution in [1.82, 2.24) is 9.78 Å². The zero-order valence-corrected chi connectivity index (χ0v) is 11.2. The van der Waals surface area contributed by atoms with Crippen LogP contribution in [0.1, 0.15) is 23.3 Å². The Bertz CT molecular complexity index is 622. The van der Waals surface area contributed by atoms with E-state index in [4.69, 9.17) is 5.11 Å². The second-order valence-corrected chi connectivity index (χ2v) is 4.42. The zero-order valence-electron chi connectivity index (χ0n) is 11.2. The summed E-state index contributed by atoms with van der Waals surface area (Å²) in [5.41, 5.74) is 0.835. The van der Waals surface area contributed by atoms with Crippen molar-refractivity contribution in [2.75, 3.05) is 11.9 Å². The fraction of sp³-hybridized carbons (Fsp3) is 0.214. The fourth-order valence-corrected chi connectivity index (χ4v) is 1.83. The summed E-state index contributed by atoms with van der Waals surface area (Å²) >= 11 is 0. The summed E-state index contributed by atoms with van der Waals surface area (Å²) < 4.78 is 1.35. The number of rotatable bonds is 4. The van der Waals surface area contributed by atoms with Gasteiger partial charge in [0, 0.05) is 18.9 Å². The summed E-state index contributed by atoms with van der Waals surface area (Å²) in [5.74, 6) is -1.23. The van der Waals surface area contributed by atoms with E-state index in [9.17, 15) is 9.59 Å². The minimum atomic E-state index is -1.06. The van der Waals surface area contributed by atoms with Gasteiger partial charge in [0.2, 0.25) is 0 Å². The third kappa shape index (κ3) is 2.69. The van der Waals surface area contributed by atoms with E-state index >= 15 is 0 Å². The van der Waals surface area contributed by atoms with Crippen LogP contribution in [-0.4, -0.2) is 33.8 Å². The predicted molar refractivity (Wildman–Crippen MR) is 73.7 cm³/mol. The molecule has 1 atom stereocenters. The Labute approximate surface area is 116 Å². The quantitative estimate of drug-likeness (QED) is 0.921. The van der Waals surface area contributed by atoms with Crippen molar-refractivity contribution in [3.63, 3.8) is 0 Å². The van der Waals surface area contributed by atoms with Gasteiger partial charge in [0.25, 0.3) is 5.91 Å². The Hall–Kier alpha value is -2.63. The molecule has 1 unspecified atom stereocenters. The van der Waals surface area contributed by atoms with Gasteiger partial charge in [-0.1, -0.05) is 18.2 Å². The molecule has 0 saturated carbocycles. The second-order valence-electron chi connectivity index (χ2n) is 4.42. The minimum Gasteiger partial charge on any atom is -0.478 e. The van der Waals surface area contributed by atoms with Gasteiger partial charge in [-0.15, -0.1) is 0 Å². The summed E-state index contributed by atoms with van der Waals surface area (Å²) in [6.07, 6.45) is 2.58. The van der Waals surface area contributed by atoms with E-state index in [2.05, 4.69) is 5.10 Å². The smallest absolute Gasteiger partial charge is 0.338 e. The highest BCUT2D eigenvalue weighted by Gasteiger charge is 2.21. The van der Waals surface area contributed by atoms with Crippen molar-refractivity contribution >= 4 is 17.6 Å². The Morgan fingerprint density at radius 2 is 1.95 bits per heavy atom. The lowest BCUT2D eigenvalue weighted by Crippen LogP contribution is -2.33. The van der Waals surface area contributed by atoms with Gasteiger partial charge in [-0.25, -0.2) is 4.79 Å². The van der Waals surface area contributed by atoms with E-state index < -0.39 is 12.0 Å². The van der Waals surface area contributed by atoms with Crippen LogP contribution < -0.4 is 4.90 Å². The van der Waals surface area contributed by atoms with Crippen LogP contribution in [-0.2, 0) is 4.79 Å². The molecule has 0 bridgehead atoms. The van der Waals surface area contributed by atoms with E-state index in [0.717, 1.165) is 5.69 Å². The lowest BCUT2D eigenvalue weighted by Gasteiger charge is -2.21. The van der Waals surface area contributed by atoms with Gasteiger partial charge in [-0.2, -0.15) is 5.10 Å². The summed E-state index contributed by atoms with van der Waals surface area (Å²) in [5, 5.41) is 12.8. The average Bonchev–Trinajstić information content (AvgIpc) is 2.96. The summed E-state index contributed by atoms with van der Waals surface area (Å²) in [6.45, 7) is 1.68. The van der Waals surface area contributed by atoms with Gasteiger partial charge < -0.3 is 10.0 Å². The molecule has 2 aromatic rings. The van der Waals surface area contributed by atoms with Crippen molar-refractivity contribution in [3.05, 3.63) is 48.3 Å². The maximum Gasteiger partial charge on any atom is 0.338 e. The molecular formula is C14H15N3O3. The third-order valence-corrected chi connectivity index (χ3v) is 3.08. The van der Waals surface area contributed by atoms with Crippen LogP contribution in [0.4, 0.5) is 5.69 Å². The molecule has 6 nitrogen and oxygen atoms in total. The first-order valence-corrected chi connectivity index (χ1v) is 6.10. The molecule has 1 heterocycles. The number of carbonyl (C=O) groups is 2. The predicted octanol–water partition coefficient (Wildman–Crippen LogP) is 1.81. The van der Waals surface area contributed by atoms with E-state index in [1.54, 1.807) is 14.0 Å². The molecule has 6 heteroatoms. The molecular weight excluding hydrogens is 258 g/mol. The molecule has 0 aliphatic carbocycles. The first-order chi connectivity index (χ1) is 9.50. The van der Waals surface area contributed by atoms with Crippen LogP contribution in [0.2, 0.25) is 0 Å². The topological polar surface area (TPSA) is 75.4 Å². The van der Waals surface area contributed by atoms with Gasteiger partial charge in [-0.05, 0) is 19.1 Å². The summed E-state index contributed by atoms with van der Waals surface area (Å²) in [7, 11) is 1.68. The molecule has 0 fully saturated rings. The monoisotopic (exact) mass is 273 g/mol. The number of aromatic nitrogens is 2. The van der Waals surface area contributed by atoms with Gasteiger partial charge in [0.15, 0.2) is 0 Å². The van der Waals surface area contributed by atoms with Crippen LogP contribution in [0, 0.1) is 0 Å². The van der Waals surface area contributed by atoms with Crippen LogP contribution >= 0.6 is 0 Å². The first-order valence-electron chi connectivity index (χ1n) is 6.10. The molecule has 0 radical (unpaired) electrons. The lowest BCUT2D eigenvalue weighted by molar-refractivity contribution is -0.121. The van der Waals surface area contributed by atoms with Gasteiger partial charge in [0.1, 0.15) is 6.04 Å². The Balaban J connectivity index is 2.17. The molecule has 1 N–H and O–H groups in total. The number of amides is 1. The molecule has 1 aromatic heterocycles. The maximum absolute atomic E-state index is 12.3. The van der Waals surface area contributed by atoms with Crippen molar-refractivity contribution in [2.45, 2.75) is 13.0 Å².